The van der Waals surface area contributed by atoms with Crippen LogP contribution in [0.5, 0.6) is 0 Å². The van der Waals surface area contributed by atoms with Crippen LogP contribution in [0, 0.1) is 0 Å². The van der Waals surface area contributed by atoms with Crippen LogP contribution in [0.2, 0.25) is 0 Å². The maximum absolute atomic E-state index is 11.5. The molecule has 1 aliphatic rings. The van der Waals surface area contributed by atoms with Gasteiger partial charge in [-0.25, -0.2) is 0 Å². The van der Waals surface area contributed by atoms with Gasteiger partial charge in [-0.05, 0) is 18.9 Å². The number of ether oxygens (including phenoxy) is 1. The van der Waals surface area contributed by atoms with Gasteiger partial charge in [-0.15, -0.1) is 0 Å². The number of hydrogen-bond donors (Lipinski definition) is 0. The largest absolute Gasteiger partial charge is 0.373 e. The molecule has 1 fully saturated rings. The summed E-state index contributed by atoms with van der Waals surface area (Å²) in [6, 6.07) is 10.5. The normalized spacial score (nSPS) is 25.1. The number of carbonyl (C=O) groups is 1. The zero-order chi connectivity index (χ0) is 14.6. The molecule has 1 saturated heterocycles. The Labute approximate surface area is 121 Å². The standard InChI is InChI=1S/C17H23NO2/c1-4-16-17(3,18(16)14(2)19)11-8-12-20-13-15-9-6-5-7-10-15/h5-11,16H,4,12-13H2,1-3H3/b11-8+/t16-,17+,18?/m1/s1. The van der Waals surface area contributed by atoms with Gasteiger partial charge in [0, 0.05) is 6.92 Å². The Morgan fingerprint density at radius 2 is 2.10 bits per heavy atom. The lowest BCUT2D eigenvalue weighted by Gasteiger charge is -2.05. The molecule has 0 unspecified atom stereocenters. The van der Waals surface area contributed by atoms with Gasteiger partial charge < -0.3 is 9.64 Å². The van der Waals surface area contributed by atoms with E-state index in [0.29, 0.717) is 19.3 Å². The van der Waals surface area contributed by atoms with E-state index in [1.807, 2.05) is 29.2 Å². The van der Waals surface area contributed by atoms with E-state index in [-0.39, 0.29) is 11.4 Å². The van der Waals surface area contributed by atoms with Gasteiger partial charge in [0.25, 0.3) is 0 Å². The summed E-state index contributed by atoms with van der Waals surface area (Å²) in [7, 11) is 0. The molecular formula is C17H23NO2. The minimum absolute atomic E-state index is 0.114. The van der Waals surface area contributed by atoms with Gasteiger partial charge in [-0.1, -0.05) is 49.4 Å². The second-order valence-corrected chi connectivity index (χ2v) is 5.44. The second kappa shape index (κ2) is 6.23. The SMILES string of the molecule is CC[C@H]1N(C(C)=O)[C@@]1(C)/C=C/COCc1ccccc1. The highest BCUT2D eigenvalue weighted by Crippen LogP contribution is 2.44. The van der Waals surface area contributed by atoms with Crippen molar-refractivity contribution < 1.29 is 9.53 Å². The zero-order valence-corrected chi connectivity index (χ0v) is 12.5. The van der Waals surface area contributed by atoms with E-state index in [2.05, 4.69) is 32.1 Å². The van der Waals surface area contributed by atoms with Crippen LogP contribution in [0.3, 0.4) is 0 Å². The maximum Gasteiger partial charge on any atom is 0.220 e. The molecule has 0 aliphatic carbocycles. The molecule has 1 aliphatic heterocycles. The van der Waals surface area contributed by atoms with E-state index in [0.717, 1.165) is 6.42 Å². The van der Waals surface area contributed by atoms with Gasteiger partial charge in [0.15, 0.2) is 0 Å². The van der Waals surface area contributed by atoms with E-state index in [1.54, 1.807) is 6.92 Å². The fourth-order valence-corrected chi connectivity index (χ4v) is 2.93. The van der Waals surface area contributed by atoms with Crippen LogP contribution < -0.4 is 0 Å². The molecule has 1 aromatic carbocycles. The molecule has 0 N–H and O–H groups in total. The number of carbonyl (C=O) groups excluding carboxylic acids is 1. The maximum atomic E-state index is 11.5. The Morgan fingerprint density at radius 3 is 2.65 bits per heavy atom. The van der Waals surface area contributed by atoms with Crippen LogP contribution in [0.4, 0.5) is 0 Å². The summed E-state index contributed by atoms with van der Waals surface area (Å²) in [5, 5.41) is 0. The van der Waals surface area contributed by atoms with Gasteiger partial charge in [0.2, 0.25) is 5.91 Å². The minimum atomic E-state index is -0.114. The van der Waals surface area contributed by atoms with E-state index in [9.17, 15) is 4.79 Å². The Bertz CT molecular complexity index is 483. The average molecular weight is 273 g/mol. The summed E-state index contributed by atoms with van der Waals surface area (Å²) in [5.74, 6) is 0.147. The van der Waals surface area contributed by atoms with E-state index in [1.165, 1.54) is 5.56 Å². The molecule has 2 atom stereocenters. The molecule has 3 nitrogen and oxygen atoms in total. The molecule has 0 saturated carbocycles. The van der Waals surface area contributed by atoms with Crippen molar-refractivity contribution in [1.29, 1.82) is 0 Å². The fourth-order valence-electron chi connectivity index (χ4n) is 2.93. The summed E-state index contributed by atoms with van der Waals surface area (Å²) in [6.07, 6.45) is 5.12. The molecule has 0 radical (unpaired) electrons. The fraction of sp³-hybridized carbons (Fsp3) is 0.471. The lowest BCUT2D eigenvalue weighted by Crippen LogP contribution is -2.15. The van der Waals surface area contributed by atoms with Gasteiger partial charge in [-0.2, -0.15) is 0 Å². The monoisotopic (exact) mass is 273 g/mol. The molecule has 108 valence electrons. The zero-order valence-electron chi connectivity index (χ0n) is 12.5. The predicted molar refractivity (Wildman–Crippen MR) is 80.2 cm³/mol. The lowest BCUT2D eigenvalue weighted by atomic mass is 10.1. The van der Waals surface area contributed by atoms with E-state index >= 15 is 0 Å². The van der Waals surface area contributed by atoms with Crippen molar-refractivity contribution in [3.05, 3.63) is 48.0 Å². The van der Waals surface area contributed by atoms with Crippen molar-refractivity contribution in [2.45, 2.75) is 45.4 Å². The molecule has 3 heteroatoms. The summed E-state index contributed by atoms with van der Waals surface area (Å²) in [4.78, 5) is 13.5. The van der Waals surface area contributed by atoms with Crippen molar-refractivity contribution >= 4 is 5.91 Å². The molecule has 0 spiro atoms. The van der Waals surface area contributed by atoms with E-state index in [4.69, 9.17) is 4.74 Å². The van der Waals surface area contributed by atoms with Crippen LogP contribution in [0.15, 0.2) is 42.5 Å². The highest BCUT2D eigenvalue weighted by Gasteiger charge is 2.57. The van der Waals surface area contributed by atoms with Gasteiger partial charge in [-0.3, -0.25) is 4.79 Å². The van der Waals surface area contributed by atoms with Crippen molar-refractivity contribution in [2.24, 2.45) is 0 Å². The first-order valence-electron chi connectivity index (χ1n) is 7.19. The van der Waals surface area contributed by atoms with Crippen LogP contribution in [0.25, 0.3) is 0 Å². The summed E-state index contributed by atoms with van der Waals surface area (Å²) in [6.45, 7) is 7.05. The van der Waals surface area contributed by atoms with Gasteiger partial charge >= 0.3 is 0 Å². The number of amides is 1. The molecule has 2 rings (SSSR count). The summed E-state index contributed by atoms with van der Waals surface area (Å²) < 4.78 is 5.62. The molecule has 1 aromatic rings. The first kappa shape index (κ1) is 14.8. The second-order valence-electron chi connectivity index (χ2n) is 5.44. The number of rotatable bonds is 6. The Balaban J connectivity index is 1.78. The molecule has 0 aromatic heterocycles. The van der Waals surface area contributed by atoms with E-state index < -0.39 is 0 Å². The average Bonchev–Trinajstić information content (AvgIpc) is 3.05. The van der Waals surface area contributed by atoms with Crippen LogP contribution in [-0.2, 0) is 16.1 Å². The first-order chi connectivity index (χ1) is 9.59. The van der Waals surface area contributed by atoms with Gasteiger partial charge in [0.05, 0.1) is 24.8 Å². The molecule has 1 amide bonds. The highest BCUT2D eigenvalue weighted by molar-refractivity contribution is 5.79. The molecule has 20 heavy (non-hydrogen) atoms. The van der Waals surface area contributed by atoms with Crippen molar-refractivity contribution in [3.63, 3.8) is 0 Å². The van der Waals surface area contributed by atoms with Crippen molar-refractivity contribution in [1.82, 2.24) is 4.90 Å². The van der Waals surface area contributed by atoms with Crippen LogP contribution in [-0.4, -0.2) is 29.0 Å². The third-order valence-electron chi connectivity index (χ3n) is 3.94. The lowest BCUT2D eigenvalue weighted by molar-refractivity contribution is -0.124. The van der Waals surface area contributed by atoms with Crippen LogP contribution >= 0.6 is 0 Å². The number of benzene rings is 1. The third-order valence-corrected chi connectivity index (χ3v) is 3.94. The topological polar surface area (TPSA) is 29.3 Å². The summed E-state index contributed by atoms with van der Waals surface area (Å²) >= 11 is 0. The smallest absolute Gasteiger partial charge is 0.220 e. The third kappa shape index (κ3) is 3.10. The molecule has 1 heterocycles. The predicted octanol–water partition coefficient (Wildman–Crippen LogP) is 3.16. The molecule has 0 bridgehead atoms. The van der Waals surface area contributed by atoms with Crippen molar-refractivity contribution in [2.75, 3.05) is 6.61 Å². The molecular weight excluding hydrogens is 250 g/mol. The number of hydrogen-bond acceptors (Lipinski definition) is 2. The van der Waals surface area contributed by atoms with Crippen molar-refractivity contribution in [3.8, 4) is 0 Å². The Morgan fingerprint density at radius 1 is 1.40 bits per heavy atom. The summed E-state index contributed by atoms with van der Waals surface area (Å²) in [5.41, 5.74) is 1.06. The van der Waals surface area contributed by atoms with Gasteiger partial charge in [0.1, 0.15) is 0 Å². The number of nitrogens with zero attached hydrogens (tertiary/aromatic N) is 1. The highest BCUT2D eigenvalue weighted by atomic mass is 16.5. The quantitative estimate of drug-likeness (QED) is 0.452. The van der Waals surface area contributed by atoms with Crippen LogP contribution in [0.1, 0.15) is 32.8 Å². The minimum Gasteiger partial charge on any atom is -0.373 e. The Hall–Kier alpha value is -1.61. The Kier molecular flexibility index (Phi) is 4.61. The first-order valence-corrected chi connectivity index (χ1v) is 7.19.